The van der Waals surface area contributed by atoms with Crippen molar-refractivity contribution in [1.82, 2.24) is 4.90 Å². The number of fused-ring (bicyclic) bond motifs is 1. The molecule has 3 aliphatic rings. The highest BCUT2D eigenvalue weighted by Gasteiger charge is 2.55. The molecule has 158 valence electrons. The first-order valence-corrected chi connectivity index (χ1v) is 11.3. The lowest BCUT2D eigenvalue weighted by atomic mass is 9.52. The molecule has 30 heavy (non-hydrogen) atoms. The van der Waals surface area contributed by atoms with Crippen molar-refractivity contribution < 1.29 is 14.3 Å². The summed E-state index contributed by atoms with van der Waals surface area (Å²) in [6.07, 6.45) is 6.74. The maximum absolute atomic E-state index is 13.1. The maximum Gasteiger partial charge on any atom is 0.410 e. The quantitative estimate of drug-likeness (QED) is 0.686. The highest BCUT2D eigenvalue weighted by atomic mass is 16.6. The van der Waals surface area contributed by atoms with Crippen LogP contribution in [0.2, 0.25) is 0 Å². The van der Waals surface area contributed by atoms with Crippen molar-refractivity contribution in [1.29, 1.82) is 0 Å². The van der Waals surface area contributed by atoms with Crippen LogP contribution in [0.5, 0.6) is 5.75 Å². The highest BCUT2D eigenvalue weighted by Crippen LogP contribution is 2.56. The van der Waals surface area contributed by atoms with Crippen molar-refractivity contribution in [2.45, 2.75) is 63.5 Å². The molecular weight excluding hydrogens is 374 g/mol. The number of ether oxygens (including phenoxy) is 2. The standard InChI is InChI=1S/C26H31NO3/c1-18-14-20-15-23-21-10-6-7-11-26(21,22(20)16-24(18)29-2)12-13-27(23)25(28)30-17-19-8-4-3-5-9-19/h3-5,8-9,14,16,21,23H,6-7,10-13,15,17H2,1-2H3/t21?,23-,26-/m0/s1. The first-order chi connectivity index (χ1) is 14.6. The zero-order valence-electron chi connectivity index (χ0n) is 18.0. The molecule has 1 amide bonds. The molecule has 0 aromatic heterocycles. The molecule has 2 fully saturated rings. The van der Waals surface area contributed by atoms with Gasteiger partial charge in [-0.25, -0.2) is 4.79 Å². The van der Waals surface area contributed by atoms with Gasteiger partial charge in [0.15, 0.2) is 0 Å². The largest absolute Gasteiger partial charge is 0.496 e. The maximum atomic E-state index is 13.1. The smallest absolute Gasteiger partial charge is 0.410 e. The fraction of sp³-hybridized carbons (Fsp3) is 0.500. The number of hydrogen-bond acceptors (Lipinski definition) is 3. The number of piperidine rings is 1. The van der Waals surface area contributed by atoms with Gasteiger partial charge in [0.25, 0.3) is 0 Å². The van der Waals surface area contributed by atoms with Crippen LogP contribution in [0.3, 0.4) is 0 Å². The van der Waals surface area contributed by atoms with Gasteiger partial charge in [-0.05, 0) is 66.8 Å². The molecule has 4 heteroatoms. The Kier molecular flexibility index (Phi) is 4.96. The van der Waals surface area contributed by atoms with Gasteiger partial charge < -0.3 is 14.4 Å². The van der Waals surface area contributed by atoms with Gasteiger partial charge in [0.1, 0.15) is 12.4 Å². The Morgan fingerprint density at radius 1 is 1.17 bits per heavy atom. The number of hydrogen-bond donors (Lipinski definition) is 0. The number of rotatable bonds is 3. The topological polar surface area (TPSA) is 38.8 Å². The fourth-order valence-electron chi connectivity index (χ4n) is 6.42. The van der Waals surface area contributed by atoms with Crippen molar-refractivity contribution >= 4 is 6.09 Å². The normalized spacial score (nSPS) is 27.1. The Morgan fingerprint density at radius 3 is 2.80 bits per heavy atom. The van der Waals surface area contributed by atoms with E-state index in [0.29, 0.717) is 12.5 Å². The van der Waals surface area contributed by atoms with Crippen LogP contribution in [-0.2, 0) is 23.2 Å². The summed E-state index contributed by atoms with van der Waals surface area (Å²) in [7, 11) is 1.77. The molecular formula is C26H31NO3. The van der Waals surface area contributed by atoms with Crippen LogP contribution in [0.15, 0.2) is 42.5 Å². The number of carbonyl (C=O) groups excluding carboxylic acids is 1. The average Bonchev–Trinajstić information content (AvgIpc) is 2.78. The van der Waals surface area contributed by atoms with E-state index in [1.165, 1.54) is 42.4 Å². The van der Waals surface area contributed by atoms with Crippen LogP contribution < -0.4 is 4.74 Å². The summed E-state index contributed by atoms with van der Waals surface area (Å²) < 4.78 is 11.4. The molecule has 2 bridgehead atoms. The minimum atomic E-state index is -0.156. The second kappa shape index (κ2) is 7.64. The molecule has 2 aromatic carbocycles. The molecule has 0 spiro atoms. The molecule has 0 N–H and O–H groups in total. The number of likely N-dealkylation sites (tertiary alicyclic amines) is 1. The zero-order valence-corrected chi connectivity index (χ0v) is 18.0. The fourth-order valence-corrected chi connectivity index (χ4v) is 6.42. The summed E-state index contributed by atoms with van der Waals surface area (Å²) in [5, 5.41) is 0. The van der Waals surface area contributed by atoms with E-state index in [2.05, 4.69) is 19.1 Å². The summed E-state index contributed by atoms with van der Waals surface area (Å²) in [5.74, 6) is 1.51. The van der Waals surface area contributed by atoms with Crippen molar-refractivity contribution in [3.8, 4) is 5.75 Å². The van der Waals surface area contributed by atoms with E-state index in [1.807, 2.05) is 35.2 Å². The Balaban J connectivity index is 1.44. The van der Waals surface area contributed by atoms with Crippen LogP contribution in [0.4, 0.5) is 4.79 Å². The molecule has 2 aromatic rings. The third kappa shape index (κ3) is 3.08. The van der Waals surface area contributed by atoms with Crippen molar-refractivity contribution in [3.63, 3.8) is 0 Å². The molecule has 1 saturated carbocycles. The van der Waals surface area contributed by atoms with Crippen molar-refractivity contribution in [2.24, 2.45) is 5.92 Å². The molecule has 0 radical (unpaired) electrons. The van der Waals surface area contributed by atoms with Crippen LogP contribution >= 0.6 is 0 Å². The molecule has 2 aliphatic carbocycles. The van der Waals surface area contributed by atoms with Gasteiger partial charge in [-0.2, -0.15) is 0 Å². The lowest BCUT2D eigenvalue weighted by molar-refractivity contribution is -0.0137. The summed E-state index contributed by atoms with van der Waals surface area (Å²) in [6.45, 7) is 3.24. The summed E-state index contributed by atoms with van der Waals surface area (Å²) >= 11 is 0. The monoisotopic (exact) mass is 405 g/mol. The van der Waals surface area contributed by atoms with E-state index < -0.39 is 0 Å². The van der Waals surface area contributed by atoms with E-state index in [-0.39, 0.29) is 17.6 Å². The number of methoxy groups -OCH3 is 1. The molecule has 1 aliphatic heterocycles. The van der Waals surface area contributed by atoms with Crippen molar-refractivity contribution in [2.75, 3.05) is 13.7 Å². The van der Waals surface area contributed by atoms with Crippen LogP contribution in [0.1, 0.15) is 54.4 Å². The van der Waals surface area contributed by atoms with Gasteiger partial charge in [0, 0.05) is 18.0 Å². The van der Waals surface area contributed by atoms with Crippen molar-refractivity contribution in [3.05, 3.63) is 64.7 Å². The second-order valence-electron chi connectivity index (χ2n) is 9.24. The minimum Gasteiger partial charge on any atom is -0.496 e. The van der Waals surface area contributed by atoms with Gasteiger partial charge in [-0.15, -0.1) is 0 Å². The number of amides is 1. The van der Waals surface area contributed by atoms with Crippen LogP contribution in [0.25, 0.3) is 0 Å². The van der Waals surface area contributed by atoms with Gasteiger partial charge in [0.05, 0.1) is 7.11 Å². The van der Waals surface area contributed by atoms with E-state index >= 15 is 0 Å². The predicted molar refractivity (Wildman–Crippen MR) is 117 cm³/mol. The first kappa shape index (κ1) is 19.5. The van der Waals surface area contributed by atoms with E-state index in [4.69, 9.17) is 9.47 Å². The van der Waals surface area contributed by atoms with E-state index in [9.17, 15) is 4.79 Å². The summed E-state index contributed by atoms with van der Waals surface area (Å²) in [5.41, 5.74) is 5.29. The number of carbonyl (C=O) groups is 1. The molecule has 1 heterocycles. The van der Waals surface area contributed by atoms with Gasteiger partial charge in [-0.1, -0.05) is 49.2 Å². The lowest BCUT2D eigenvalue weighted by Gasteiger charge is -2.58. The SMILES string of the molecule is COc1cc2c(cc1C)C[C@H]1C3CCCC[C@@]23CCN1C(=O)OCc1ccccc1. The number of nitrogens with zero attached hydrogens (tertiary/aromatic N) is 1. The van der Waals surface area contributed by atoms with E-state index in [1.54, 1.807) is 7.11 Å². The molecule has 3 atom stereocenters. The number of benzene rings is 2. The van der Waals surface area contributed by atoms with Gasteiger partial charge >= 0.3 is 6.09 Å². The van der Waals surface area contributed by atoms with Gasteiger partial charge in [0.2, 0.25) is 0 Å². The lowest BCUT2D eigenvalue weighted by Crippen LogP contribution is -2.62. The third-order valence-electron chi connectivity index (χ3n) is 7.79. The molecule has 1 saturated heterocycles. The Labute approximate surface area is 179 Å². The van der Waals surface area contributed by atoms with Gasteiger partial charge in [-0.3, -0.25) is 0 Å². The molecule has 4 nitrogen and oxygen atoms in total. The molecule has 5 rings (SSSR count). The Bertz CT molecular complexity index is 941. The zero-order chi connectivity index (χ0) is 20.7. The third-order valence-corrected chi connectivity index (χ3v) is 7.79. The summed E-state index contributed by atoms with van der Waals surface area (Å²) in [4.78, 5) is 15.1. The van der Waals surface area contributed by atoms with Crippen LogP contribution in [0, 0.1) is 12.8 Å². The first-order valence-electron chi connectivity index (χ1n) is 11.3. The number of aryl methyl sites for hydroxylation is 1. The average molecular weight is 406 g/mol. The predicted octanol–water partition coefficient (Wildman–Crippen LogP) is 5.40. The second-order valence-corrected chi connectivity index (χ2v) is 9.24. The van der Waals surface area contributed by atoms with Crippen LogP contribution in [-0.4, -0.2) is 30.7 Å². The van der Waals surface area contributed by atoms with E-state index in [0.717, 1.165) is 30.7 Å². The Hall–Kier alpha value is -2.49. The minimum absolute atomic E-state index is 0.156. The summed E-state index contributed by atoms with van der Waals surface area (Å²) in [6, 6.07) is 14.8. The Morgan fingerprint density at radius 2 is 2.00 bits per heavy atom. The molecule has 1 unspecified atom stereocenters. The highest BCUT2D eigenvalue weighted by molar-refractivity contribution is 5.69.